The van der Waals surface area contributed by atoms with Gasteiger partial charge in [0, 0.05) is 31.1 Å². The summed E-state index contributed by atoms with van der Waals surface area (Å²) in [5, 5.41) is 6.77. The van der Waals surface area contributed by atoms with Crippen molar-refractivity contribution in [1.29, 1.82) is 0 Å². The molecular weight excluding hydrogens is 602 g/mol. The molecule has 4 bridgehead atoms. The van der Waals surface area contributed by atoms with E-state index < -0.39 is 40.9 Å². The average molecular weight is 662 g/mol. The number of hydrogen-bond donors (Lipinski definition) is 1. The van der Waals surface area contributed by atoms with Gasteiger partial charge in [-0.15, -0.1) is 0 Å². The molecule has 2 spiro atoms. The average Bonchev–Trinajstić information content (AvgIpc) is 3.38. The van der Waals surface area contributed by atoms with Gasteiger partial charge in [0.25, 0.3) is 0 Å². The standard InChI is InChI=1S/C36H59N3O8/c1-19-10-12-25-21(3)28(40-30-35(25)23(19)14-16-33(8,42-30)44-46-35)18-27(38-39(37)32(5,6)7)29-22(4)26-13-11-20(2)24-15-17-34(9)43-31(41-29)36(24,26)47-45-34/h19-26,28-31H,10-18,37H2,1-9H3/b38-27-/t19-,20-,21-,22-,23+,24+,25+,26+,28-,29+,30-,31-,33+,34+,35-,36-/m1/s1. The summed E-state index contributed by atoms with van der Waals surface area (Å²) in [6.07, 6.45) is 6.92. The fourth-order valence-corrected chi connectivity index (χ4v) is 11.2. The summed E-state index contributed by atoms with van der Waals surface area (Å²) >= 11 is 0. The minimum absolute atomic E-state index is 0.0916. The van der Waals surface area contributed by atoms with Crippen LogP contribution in [0.1, 0.15) is 120 Å². The van der Waals surface area contributed by atoms with Gasteiger partial charge in [-0.3, -0.25) is 0 Å². The van der Waals surface area contributed by atoms with Crippen molar-refractivity contribution in [3.05, 3.63) is 0 Å². The zero-order chi connectivity index (χ0) is 33.3. The zero-order valence-corrected chi connectivity index (χ0v) is 30.0. The summed E-state index contributed by atoms with van der Waals surface area (Å²) in [4.78, 5) is 25.1. The molecule has 0 unspecified atom stereocenters. The van der Waals surface area contributed by atoms with E-state index >= 15 is 0 Å². The van der Waals surface area contributed by atoms with Crippen LogP contribution in [0.2, 0.25) is 0 Å². The highest BCUT2D eigenvalue weighted by atomic mass is 17.3. The van der Waals surface area contributed by atoms with Crippen LogP contribution in [0.3, 0.4) is 0 Å². The number of hydrogen-bond acceptors (Lipinski definition) is 11. The Morgan fingerprint density at radius 2 is 1.21 bits per heavy atom. The summed E-state index contributed by atoms with van der Waals surface area (Å²) in [7, 11) is 0. The highest BCUT2D eigenvalue weighted by Crippen LogP contribution is 2.63. The molecule has 0 aromatic heterocycles. The molecule has 10 rings (SSSR count). The molecule has 11 nitrogen and oxygen atoms in total. The number of nitrogens with zero attached hydrogens (tertiary/aromatic N) is 2. The summed E-state index contributed by atoms with van der Waals surface area (Å²) in [6.45, 7) is 19.5. The summed E-state index contributed by atoms with van der Waals surface area (Å²) in [5.74, 6) is 7.33. The van der Waals surface area contributed by atoms with Crippen LogP contribution < -0.4 is 5.84 Å². The minimum Gasteiger partial charge on any atom is -0.345 e. The lowest BCUT2D eigenvalue weighted by molar-refractivity contribution is -0.571. The normalized spacial score (nSPS) is 55.5. The second-order valence-electron chi connectivity index (χ2n) is 18.1. The molecule has 2 N–H and O–H groups in total. The molecule has 0 aromatic rings. The van der Waals surface area contributed by atoms with Gasteiger partial charge < -0.3 is 18.9 Å². The highest BCUT2D eigenvalue weighted by Gasteiger charge is 2.71. The first-order chi connectivity index (χ1) is 22.1. The van der Waals surface area contributed by atoms with Gasteiger partial charge in [0.2, 0.25) is 11.6 Å². The minimum atomic E-state index is -0.844. The predicted molar refractivity (Wildman–Crippen MR) is 171 cm³/mol. The van der Waals surface area contributed by atoms with E-state index in [2.05, 4.69) is 48.5 Å². The first kappa shape index (κ1) is 33.3. The maximum absolute atomic E-state index is 7.12. The van der Waals surface area contributed by atoms with Crippen LogP contribution in [0, 0.1) is 47.3 Å². The van der Waals surface area contributed by atoms with E-state index in [0.29, 0.717) is 30.1 Å². The SMILES string of the molecule is C[C@H]1[C@@H](/C(C[C@H]2O[C@@H]3O[C@]4(C)CC[C@H]5[C@H](C)CC[C@@H]([C@H]2C)[C@@]35OO4)=N\N(N)C(C)(C)C)O[C@@H]2O[C@]3(C)CC[C@H]4[C@H](C)CC[C@@H]1[C@@]24OO3. The van der Waals surface area contributed by atoms with Crippen LogP contribution in [0.4, 0.5) is 0 Å². The third-order valence-corrected chi connectivity index (χ3v) is 14.1. The Kier molecular flexibility index (Phi) is 7.82. The molecular formula is C36H59N3O8. The van der Waals surface area contributed by atoms with Crippen LogP contribution in [0.5, 0.6) is 0 Å². The molecule has 266 valence electrons. The Balaban J connectivity index is 1.15. The van der Waals surface area contributed by atoms with Gasteiger partial charge in [0.05, 0.1) is 17.4 Å². The number of fused-ring (bicyclic) bond motifs is 4. The number of ether oxygens (including phenoxy) is 4. The first-order valence-electron chi connectivity index (χ1n) is 18.6. The van der Waals surface area contributed by atoms with Crippen molar-refractivity contribution in [3.63, 3.8) is 0 Å². The van der Waals surface area contributed by atoms with E-state index in [1.807, 2.05) is 13.8 Å². The van der Waals surface area contributed by atoms with Gasteiger partial charge >= 0.3 is 0 Å². The first-order valence-corrected chi connectivity index (χ1v) is 18.6. The van der Waals surface area contributed by atoms with Gasteiger partial charge in [0.15, 0.2) is 23.8 Å². The Morgan fingerprint density at radius 3 is 1.74 bits per heavy atom. The van der Waals surface area contributed by atoms with Crippen molar-refractivity contribution in [2.45, 2.75) is 173 Å². The number of hydrazine groups is 1. The van der Waals surface area contributed by atoms with E-state index in [9.17, 15) is 0 Å². The molecule has 0 radical (unpaired) electrons. The van der Waals surface area contributed by atoms with E-state index in [4.69, 9.17) is 49.4 Å². The van der Waals surface area contributed by atoms with Crippen molar-refractivity contribution in [3.8, 4) is 0 Å². The van der Waals surface area contributed by atoms with Gasteiger partial charge in [-0.1, -0.05) is 27.7 Å². The van der Waals surface area contributed by atoms with Gasteiger partial charge in [0.1, 0.15) is 6.10 Å². The Hall–Kier alpha value is -0.890. The lowest BCUT2D eigenvalue weighted by Crippen LogP contribution is -2.71. The topological polar surface area (TPSA) is 115 Å². The van der Waals surface area contributed by atoms with Crippen molar-refractivity contribution >= 4 is 5.71 Å². The maximum Gasteiger partial charge on any atom is 0.201 e. The van der Waals surface area contributed by atoms with Crippen LogP contribution in [-0.4, -0.2) is 63.9 Å². The molecule has 10 fully saturated rings. The summed E-state index contributed by atoms with van der Waals surface area (Å²) in [6, 6.07) is 0. The van der Waals surface area contributed by atoms with Crippen LogP contribution in [0.15, 0.2) is 5.10 Å². The van der Waals surface area contributed by atoms with Gasteiger partial charge in [-0.25, -0.2) is 30.5 Å². The molecule has 0 amide bonds. The van der Waals surface area contributed by atoms with E-state index in [1.54, 1.807) is 5.12 Å². The fraction of sp³-hybridized carbons (Fsp3) is 0.972. The smallest absolute Gasteiger partial charge is 0.201 e. The van der Waals surface area contributed by atoms with Crippen molar-refractivity contribution < 1.29 is 38.5 Å². The number of nitrogens with two attached hydrogens (primary N) is 1. The molecule has 8 heterocycles. The Morgan fingerprint density at radius 1 is 0.702 bits per heavy atom. The Bertz CT molecular complexity index is 1260. The lowest BCUT2D eigenvalue weighted by atomic mass is 9.56. The number of hydrazone groups is 1. The molecule has 8 saturated heterocycles. The highest BCUT2D eigenvalue weighted by molar-refractivity contribution is 5.89. The number of rotatable bonds is 4. The molecule has 2 saturated carbocycles. The molecule has 16 atom stereocenters. The monoisotopic (exact) mass is 661 g/mol. The van der Waals surface area contributed by atoms with Crippen LogP contribution in [0.25, 0.3) is 0 Å². The van der Waals surface area contributed by atoms with E-state index in [0.717, 1.165) is 57.1 Å². The molecule has 11 heteroatoms. The van der Waals surface area contributed by atoms with Crippen molar-refractivity contribution in [2.24, 2.45) is 58.3 Å². The fourth-order valence-electron chi connectivity index (χ4n) is 11.2. The third kappa shape index (κ3) is 4.88. The summed E-state index contributed by atoms with van der Waals surface area (Å²) < 4.78 is 27.6. The summed E-state index contributed by atoms with van der Waals surface area (Å²) in [5.41, 5.74) is -0.764. The second-order valence-corrected chi connectivity index (χ2v) is 18.1. The van der Waals surface area contributed by atoms with Crippen LogP contribution >= 0.6 is 0 Å². The molecule has 8 aliphatic heterocycles. The van der Waals surface area contributed by atoms with E-state index in [-0.39, 0.29) is 35.9 Å². The molecule has 10 aliphatic rings. The third-order valence-electron chi connectivity index (χ3n) is 14.1. The Labute approximate surface area is 280 Å². The lowest BCUT2D eigenvalue weighted by Gasteiger charge is -2.61. The largest absolute Gasteiger partial charge is 0.345 e. The molecule has 47 heavy (non-hydrogen) atoms. The molecule has 2 aliphatic carbocycles. The molecule has 0 aromatic carbocycles. The zero-order valence-electron chi connectivity index (χ0n) is 30.0. The second kappa shape index (κ2) is 11.1. The predicted octanol–water partition coefficient (Wildman–Crippen LogP) is 6.21. The van der Waals surface area contributed by atoms with Crippen molar-refractivity contribution in [1.82, 2.24) is 5.12 Å². The quantitative estimate of drug-likeness (QED) is 0.161. The van der Waals surface area contributed by atoms with Crippen LogP contribution in [-0.2, 0) is 38.5 Å². The van der Waals surface area contributed by atoms with Gasteiger partial charge in [-0.2, -0.15) is 5.10 Å². The maximum atomic E-state index is 7.12. The van der Waals surface area contributed by atoms with E-state index in [1.165, 1.54) is 0 Å². The van der Waals surface area contributed by atoms with Gasteiger partial charge in [-0.05, 0) is 109 Å². The van der Waals surface area contributed by atoms with Crippen molar-refractivity contribution in [2.75, 3.05) is 0 Å².